The fraction of sp³-hybridized carbons (Fsp3) is 0.889. The molecule has 0 bridgehead atoms. The quantitative estimate of drug-likeness (QED) is 0.651. The van der Waals surface area contributed by atoms with E-state index >= 15 is 0 Å². The predicted molar refractivity (Wildman–Crippen MR) is 45.2 cm³/mol. The van der Waals surface area contributed by atoms with Crippen LogP contribution in [0.1, 0.15) is 32.6 Å². The fourth-order valence-electron chi connectivity index (χ4n) is 1.44. The molecule has 2 N–H and O–H groups in total. The summed E-state index contributed by atoms with van der Waals surface area (Å²) in [5.41, 5.74) is 5.44. The monoisotopic (exact) mass is 155 g/mol. The number of hydrogen-bond acceptors (Lipinski definition) is 2. The van der Waals surface area contributed by atoms with Crippen molar-refractivity contribution in [3.8, 4) is 0 Å². The summed E-state index contributed by atoms with van der Waals surface area (Å²) in [5.74, 6) is 1.31. The van der Waals surface area contributed by atoms with Gasteiger partial charge in [-0.15, -0.1) is 0 Å². The van der Waals surface area contributed by atoms with Crippen molar-refractivity contribution >= 4 is 5.78 Å². The maximum absolute atomic E-state index is 11.3. The Morgan fingerprint density at radius 2 is 2.36 bits per heavy atom. The van der Waals surface area contributed by atoms with Gasteiger partial charge in [0.15, 0.2) is 0 Å². The number of Topliss-reactive ketones (excluding diaryl/α,β-unsaturated/α-hetero) is 1. The number of carbonyl (C=O) groups is 1. The van der Waals surface area contributed by atoms with Crippen LogP contribution in [0.2, 0.25) is 0 Å². The van der Waals surface area contributed by atoms with Crippen molar-refractivity contribution in [1.82, 2.24) is 0 Å². The Hall–Kier alpha value is -0.370. The average Bonchev–Trinajstić information content (AvgIpc) is 2.78. The maximum Gasteiger partial charge on any atom is 0.136 e. The van der Waals surface area contributed by atoms with Gasteiger partial charge in [0.1, 0.15) is 5.78 Å². The highest BCUT2D eigenvalue weighted by Crippen LogP contribution is 2.39. The highest BCUT2D eigenvalue weighted by Gasteiger charge is 2.40. The molecule has 1 aliphatic carbocycles. The van der Waals surface area contributed by atoms with Crippen LogP contribution >= 0.6 is 0 Å². The molecule has 64 valence electrons. The molecule has 2 heteroatoms. The first-order valence-electron chi connectivity index (χ1n) is 4.52. The lowest BCUT2D eigenvalue weighted by Crippen LogP contribution is -2.08. The van der Waals surface area contributed by atoms with E-state index in [1.807, 2.05) is 0 Å². The lowest BCUT2D eigenvalue weighted by molar-refractivity contribution is -0.120. The van der Waals surface area contributed by atoms with Gasteiger partial charge < -0.3 is 5.73 Å². The molecule has 11 heavy (non-hydrogen) atoms. The number of rotatable bonds is 5. The van der Waals surface area contributed by atoms with Crippen molar-refractivity contribution in [1.29, 1.82) is 0 Å². The van der Waals surface area contributed by atoms with Gasteiger partial charge in [0.05, 0.1) is 0 Å². The molecule has 0 aliphatic heterocycles. The number of nitrogens with two attached hydrogens (primary N) is 1. The summed E-state index contributed by atoms with van der Waals surface area (Å²) in [4.78, 5) is 11.3. The Morgan fingerprint density at radius 3 is 2.82 bits per heavy atom. The van der Waals surface area contributed by atoms with Crippen LogP contribution in [0.3, 0.4) is 0 Å². The Labute approximate surface area is 68.2 Å². The van der Waals surface area contributed by atoms with Crippen LogP contribution in [0.4, 0.5) is 0 Å². The number of carbonyl (C=O) groups excluding carboxylic acids is 1. The molecule has 1 saturated carbocycles. The molecule has 0 aromatic carbocycles. The topological polar surface area (TPSA) is 43.1 Å². The van der Waals surface area contributed by atoms with Crippen LogP contribution in [0.25, 0.3) is 0 Å². The second-order valence-electron chi connectivity index (χ2n) is 3.41. The molecule has 2 atom stereocenters. The van der Waals surface area contributed by atoms with E-state index in [0.717, 1.165) is 25.7 Å². The Kier molecular flexibility index (Phi) is 3.06. The second kappa shape index (κ2) is 3.86. The summed E-state index contributed by atoms with van der Waals surface area (Å²) in [5, 5.41) is 0. The van der Waals surface area contributed by atoms with Crippen molar-refractivity contribution in [2.24, 2.45) is 17.6 Å². The van der Waals surface area contributed by atoms with Crippen molar-refractivity contribution in [2.45, 2.75) is 32.6 Å². The molecule has 0 amide bonds. The fourth-order valence-corrected chi connectivity index (χ4v) is 1.44. The van der Waals surface area contributed by atoms with E-state index in [-0.39, 0.29) is 0 Å². The van der Waals surface area contributed by atoms with Crippen LogP contribution in [-0.4, -0.2) is 12.3 Å². The minimum Gasteiger partial charge on any atom is -0.330 e. The minimum atomic E-state index is 0.339. The summed E-state index contributed by atoms with van der Waals surface area (Å²) in [6.07, 6.45) is 4.00. The molecule has 1 fully saturated rings. The number of ketones is 1. The zero-order chi connectivity index (χ0) is 8.27. The van der Waals surface area contributed by atoms with Gasteiger partial charge >= 0.3 is 0 Å². The molecule has 0 saturated heterocycles. The van der Waals surface area contributed by atoms with E-state index < -0.39 is 0 Å². The van der Waals surface area contributed by atoms with Gasteiger partial charge in [-0.05, 0) is 25.3 Å². The van der Waals surface area contributed by atoms with Gasteiger partial charge in [0.2, 0.25) is 0 Å². The molecule has 0 aromatic rings. The summed E-state index contributed by atoms with van der Waals surface area (Å²) in [6.45, 7) is 2.81. The minimum absolute atomic E-state index is 0.339. The molecule has 2 unspecified atom stereocenters. The summed E-state index contributed by atoms with van der Waals surface area (Å²) < 4.78 is 0. The first-order chi connectivity index (χ1) is 5.29. The van der Waals surface area contributed by atoms with Crippen molar-refractivity contribution < 1.29 is 4.79 Å². The van der Waals surface area contributed by atoms with Crippen molar-refractivity contribution in [3.05, 3.63) is 0 Å². The summed E-state index contributed by atoms with van der Waals surface area (Å²) >= 11 is 0. The van der Waals surface area contributed by atoms with Gasteiger partial charge in [0, 0.05) is 12.3 Å². The molecule has 1 aliphatic rings. The summed E-state index contributed by atoms with van der Waals surface area (Å²) in [6, 6.07) is 0. The van der Waals surface area contributed by atoms with Crippen molar-refractivity contribution in [2.75, 3.05) is 6.54 Å². The van der Waals surface area contributed by atoms with Gasteiger partial charge in [-0.3, -0.25) is 4.79 Å². The van der Waals surface area contributed by atoms with Crippen LogP contribution in [0.15, 0.2) is 0 Å². The largest absolute Gasteiger partial charge is 0.330 e. The van der Waals surface area contributed by atoms with E-state index in [1.165, 1.54) is 0 Å². The van der Waals surface area contributed by atoms with Gasteiger partial charge in [0.25, 0.3) is 0 Å². The van der Waals surface area contributed by atoms with E-state index in [9.17, 15) is 4.79 Å². The molecule has 0 radical (unpaired) electrons. The molecule has 1 rings (SSSR count). The first-order valence-corrected chi connectivity index (χ1v) is 4.52. The lowest BCUT2D eigenvalue weighted by Gasteiger charge is -1.96. The second-order valence-corrected chi connectivity index (χ2v) is 3.41. The highest BCUT2D eigenvalue weighted by molar-refractivity contribution is 5.83. The highest BCUT2D eigenvalue weighted by atomic mass is 16.1. The van der Waals surface area contributed by atoms with Crippen LogP contribution in [-0.2, 0) is 4.79 Å². The Balaban J connectivity index is 2.12. The van der Waals surface area contributed by atoms with Crippen LogP contribution in [0.5, 0.6) is 0 Å². The van der Waals surface area contributed by atoms with Gasteiger partial charge in [-0.1, -0.05) is 13.3 Å². The number of unbranched alkanes of at least 4 members (excludes halogenated alkanes) is 1. The molecule has 0 heterocycles. The lowest BCUT2D eigenvalue weighted by atomic mass is 10.1. The van der Waals surface area contributed by atoms with E-state index in [2.05, 4.69) is 6.92 Å². The van der Waals surface area contributed by atoms with E-state index in [4.69, 9.17) is 5.73 Å². The number of hydrogen-bond donors (Lipinski definition) is 1. The molecule has 2 nitrogen and oxygen atoms in total. The average molecular weight is 155 g/mol. The SMILES string of the molecule is CCCCC(=O)C1CC1CN. The smallest absolute Gasteiger partial charge is 0.136 e. The Morgan fingerprint density at radius 1 is 1.64 bits per heavy atom. The summed E-state index contributed by atoms with van der Waals surface area (Å²) in [7, 11) is 0. The predicted octanol–water partition coefficient (Wildman–Crippen LogP) is 1.34. The third-order valence-electron chi connectivity index (χ3n) is 2.42. The molecular weight excluding hydrogens is 138 g/mol. The van der Waals surface area contributed by atoms with Crippen molar-refractivity contribution in [3.63, 3.8) is 0 Å². The van der Waals surface area contributed by atoms with Crippen LogP contribution < -0.4 is 5.73 Å². The molecule has 0 aromatic heterocycles. The van der Waals surface area contributed by atoms with E-state index in [0.29, 0.717) is 24.2 Å². The molecule has 0 spiro atoms. The maximum atomic E-state index is 11.3. The Bertz CT molecular complexity index is 144. The molecular formula is C9H17NO. The third kappa shape index (κ3) is 2.29. The van der Waals surface area contributed by atoms with E-state index in [1.54, 1.807) is 0 Å². The zero-order valence-electron chi connectivity index (χ0n) is 7.18. The standard InChI is InChI=1S/C9H17NO/c1-2-3-4-9(11)8-5-7(8)6-10/h7-8H,2-6,10H2,1H3. The first kappa shape index (κ1) is 8.72. The normalized spacial score (nSPS) is 28.5. The zero-order valence-corrected chi connectivity index (χ0v) is 7.18. The third-order valence-corrected chi connectivity index (χ3v) is 2.42. The van der Waals surface area contributed by atoms with Gasteiger partial charge in [-0.25, -0.2) is 0 Å². The van der Waals surface area contributed by atoms with Gasteiger partial charge in [-0.2, -0.15) is 0 Å². The van der Waals surface area contributed by atoms with Crippen LogP contribution in [0, 0.1) is 11.8 Å².